The highest BCUT2D eigenvalue weighted by Crippen LogP contribution is 2.29. The molecule has 8 heteroatoms. The largest absolute Gasteiger partial charge is 0.349 e. The Balaban J connectivity index is 1.70. The van der Waals surface area contributed by atoms with Crippen LogP contribution in [0.3, 0.4) is 0 Å². The fourth-order valence-corrected chi connectivity index (χ4v) is 5.27. The number of amides is 1. The Morgan fingerprint density at radius 1 is 1.06 bits per heavy atom. The van der Waals surface area contributed by atoms with Gasteiger partial charge in [0.05, 0.1) is 21.9 Å². The lowest BCUT2D eigenvalue weighted by molar-refractivity contribution is 0.0930. The number of hydrogen-bond donors (Lipinski definition) is 2. The van der Waals surface area contributed by atoms with Gasteiger partial charge in [0.25, 0.3) is 11.5 Å². The van der Waals surface area contributed by atoms with Gasteiger partial charge in [-0.05, 0) is 65.8 Å². The molecule has 1 aliphatic carbocycles. The van der Waals surface area contributed by atoms with Crippen LogP contribution in [0.4, 0.5) is 0 Å². The normalized spacial score (nSPS) is 15.2. The minimum atomic E-state index is -0.231. The Morgan fingerprint density at radius 3 is 2.59 bits per heavy atom. The monoisotopic (exact) mass is 537 g/mol. The number of nitrogens with zero attached hydrogens (tertiary/aromatic N) is 3. The van der Waals surface area contributed by atoms with Crippen LogP contribution in [0.5, 0.6) is 0 Å². The molecule has 0 aliphatic heterocycles. The summed E-state index contributed by atoms with van der Waals surface area (Å²) in [7, 11) is 0. The lowest BCUT2D eigenvalue weighted by Gasteiger charge is -2.22. The van der Waals surface area contributed by atoms with Gasteiger partial charge >= 0.3 is 0 Å². The standard InChI is InChI=1S/C24H20IN5O2/c25-13-10-11-18-15(12-13)23(31)29-21-19(24(32)26-14-6-2-1-3-7-14)20-22(30(18)21)28-17-9-5-4-8-16(17)27-20/h4-5,8-12,14H,1-3,6-7H2,(H,26,32)(H,29,31). The quantitative estimate of drug-likeness (QED) is 0.324. The van der Waals surface area contributed by atoms with Crippen molar-refractivity contribution < 1.29 is 4.79 Å². The van der Waals surface area contributed by atoms with E-state index >= 15 is 0 Å². The molecule has 1 amide bonds. The van der Waals surface area contributed by atoms with Gasteiger partial charge in [-0.1, -0.05) is 31.4 Å². The van der Waals surface area contributed by atoms with Gasteiger partial charge in [-0.3, -0.25) is 14.0 Å². The van der Waals surface area contributed by atoms with E-state index in [0.717, 1.165) is 34.8 Å². The van der Waals surface area contributed by atoms with Gasteiger partial charge in [-0.15, -0.1) is 0 Å². The smallest absolute Gasteiger partial charge is 0.258 e. The van der Waals surface area contributed by atoms with Gasteiger partial charge in [0, 0.05) is 9.61 Å². The highest BCUT2D eigenvalue weighted by molar-refractivity contribution is 14.1. The van der Waals surface area contributed by atoms with Crippen molar-refractivity contribution in [1.82, 2.24) is 24.7 Å². The van der Waals surface area contributed by atoms with Gasteiger partial charge in [0.1, 0.15) is 16.7 Å². The fourth-order valence-electron chi connectivity index (χ4n) is 4.78. The van der Waals surface area contributed by atoms with Crippen LogP contribution in [0.25, 0.3) is 38.7 Å². The Labute approximate surface area is 196 Å². The van der Waals surface area contributed by atoms with Gasteiger partial charge in [-0.25, -0.2) is 9.97 Å². The molecule has 0 radical (unpaired) electrons. The summed E-state index contributed by atoms with van der Waals surface area (Å²) < 4.78 is 2.82. The van der Waals surface area contributed by atoms with E-state index in [-0.39, 0.29) is 17.5 Å². The van der Waals surface area contributed by atoms with Gasteiger partial charge < -0.3 is 10.3 Å². The van der Waals surface area contributed by atoms with E-state index in [1.807, 2.05) is 46.9 Å². The minimum absolute atomic E-state index is 0.142. The number of hydrogen-bond acceptors (Lipinski definition) is 4. The van der Waals surface area contributed by atoms with Crippen LogP contribution in [-0.4, -0.2) is 31.3 Å². The third-order valence-electron chi connectivity index (χ3n) is 6.30. The van der Waals surface area contributed by atoms with Crippen molar-refractivity contribution in [2.45, 2.75) is 38.1 Å². The summed E-state index contributed by atoms with van der Waals surface area (Å²) in [6.07, 6.45) is 5.39. The number of carbonyl (C=O) groups excluding carboxylic acids is 1. The van der Waals surface area contributed by atoms with Crippen molar-refractivity contribution >= 4 is 67.2 Å². The average molecular weight is 537 g/mol. The maximum Gasteiger partial charge on any atom is 0.258 e. The molecule has 0 unspecified atom stereocenters. The van der Waals surface area contributed by atoms with Crippen LogP contribution in [-0.2, 0) is 0 Å². The van der Waals surface area contributed by atoms with Crippen LogP contribution < -0.4 is 10.9 Å². The topological polar surface area (TPSA) is 92.2 Å². The van der Waals surface area contributed by atoms with Crippen molar-refractivity contribution in [3.63, 3.8) is 0 Å². The number of para-hydroxylation sites is 2. The van der Waals surface area contributed by atoms with E-state index in [1.165, 1.54) is 6.42 Å². The molecule has 1 aliphatic rings. The van der Waals surface area contributed by atoms with E-state index in [1.54, 1.807) is 0 Å². The summed E-state index contributed by atoms with van der Waals surface area (Å²) >= 11 is 2.19. The van der Waals surface area contributed by atoms with E-state index in [4.69, 9.17) is 9.97 Å². The van der Waals surface area contributed by atoms with E-state index in [2.05, 4.69) is 32.9 Å². The van der Waals surface area contributed by atoms with Crippen LogP contribution in [0, 0.1) is 3.57 Å². The third kappa shape index (κ3) is 3.08. The van der Waals surface area contributed by atoms with Crippen molar-refractivity contribution in [2.24, 2.45) is 0 Å². The fraction of sp³-hybridized carbons (Fsp3) is 0.250. The second kappa shape index (κ2) is 7.54. The predicted octanol–water partition coefficient (Wildman–Crippen LogP) is 4.54. The lowest BCUT2D eigenvalue weighted by atomic mass is 9.95. The molecule has 1 saturated carbocycles. The molecule has 0 saturated heterocycles. The van der Waals surface area contributed by atoms with Crippen LogP contribution >= 0.6 is 22.6 Å². The van der Waals surface area contributed by atoms with E-state index in [9.17, 15) is 9.59 Å². The second-order valence-corrected chi connectivity index (χ2v) is 9.61. The summed E-state index contributed by atoms with van der Waals surface area (Å²) in [5, 5.41) is 3.74. The second-order valence-electron chi connectivity index (χ2n) is 8.37. The number of carbonyl (C=O) groups is 1. The molecule has 0 spiro atoms. The first-order valence-corrected chi connectivity index (χ1v) is 11.9. The highest BCUT2D eigenvalue weighted by atomic mass is 127. The maximum atomic E-state index is 13.5. The first kappa shape index (κ1) is 19.7. The zero-order valence-corrected chi connectivity index (χ0v) is 19.3. The first-order chi connectivity index (χ1) is 15.6. The Kier molecular flexibility index (Phi) is 4.63. The van der Waals surface area contributed by atoms with Crippen molar-refractivity contribution in [3.05, 3.63) is 62.0 Å². The van der Waals surface area contributed by atoms with Crippen molar-refractivity contribution in [3.8, 4) is 0 Å². The van der Waals surface area contributed by atoms with Crippen LogP contribution in [0.2, 0.25) is 0 Å². The Morgan fingerprint density at radius 2 is 1.81 bits per heavy atom. The third-order valence-corrected chi connectivity index (χ3v) is 6.98. The molecule has 3 aromatic heterocycles. The van der Waals surface area contributed by atoms with Gasteiger partial charge in [0.15, 0.2) is 5.65 Å². The number of benzene rings is 2. The Bertz CT molecular complexity index is 1600. The molecule has 3 heterocycles. The number of H-pyrrole nitrogens is 1. The van der Waals surface area contributed by atoms with Crippen molar-refractivity contribution in [2.75, 3.05) is 0 Å². The molecule has 6 rings (SSSR count). The molecule has 2 N–H and O–H groups in total. The molecular weight excluding hydrogens is 517 g/mol. The maximum absolute atomic E-state index is 13.5. The molecule has 5 aromatic rings. The molecule has 0 bridgehead atoms. The summed E-state index contributed by atoms with van der Waals surface area (Å²) in [5.41, 5.74) is 3.80. The first-order valence-electron chi connectivity index (χ1n) is 10.8. The number of aromatic amines is 1. The summed E-state index contributed by atoms with van der Waals surface area (Å²) in [6.45, 7) is 0. The molecule has 160 valence electrons. The lowest BCUT2D eigenvalue weighted by Crippen LogP contribution is -2.36. The van der Waals surface area contributed by atoms with Gasteiger partial charge in [0.2, 0.25) is 0 Å². The van der Waals surface area contributed by atoms with Gasteiger partial charge in [-0.2, -0.15) is 0 Å². The molecule has 1 fully saturated rings. The number of aromatic nitrogens is 4. The number of halogens is 1. The van der Waals surface area contributed by atoms with E-state index in [0.29, 0.717) is 38.8 Å². The summed E-state index contributed by atoms with van der Waals surface area (Å²) in [5.74, 6) is -0.213. The molecule has 0 atom stereocenters. The zero-order valence-electron chi connectivity index (χ0n) is 17.2. The number of rotatable bonds is 2. The van der Waals surface area contributed by atoms with Crippen LogP contribution in [0.15, 0.2) is 47.3 Å². The van der Waals surface area contributed by atoms with Crippen LogP contribution in [0.1, 0.15) is 42.5 Å². The SMILES string of the molecule is O=C(NC1CCCCC1)c1c2nc3ccccc3nc2n2c1[nH]c(=O)c1cc(I)ccc12. The average Bonchev–Trinajstić information content (AvgIpc) is 3.11. The summed E-state index contributed by atoms with van der Waals surface area (Å²) in [6, 6.07) is 13.4. The molecule has 7 nitrogen and oxygen atoms in total. The van der Waals surface area contributed by atoms with Crippen molar-refractivity contribution in [1.29, 1.82) is 0 Å². The summed E-state index contributed by atoms with van der Waals surface area (Å²) in [4.78, 5) is 39.1. The minimum Gasteiger partial charge on any atom is -0.349 e. The highest BCUT2D eigenvalue weighted by Gasteiger charge is 2.26. The van der Waals surface area contributed by atoms with E-state index < -0.39 is 0 Å². The number of fused-ring (bicyclic) bond motifs is 6. The Hall–Kier alpha value is -3.01. The molecule has 2 aromatic carbocycles. The molecular formula is C24H20IN5O2. The molecule has 32 heavy (non-hydrogen) atoms. The predicted molar refractivity (Wildman–Crippen MR) is 133 cm³/mol. The number of nitrogens with one attached hydrogen (secondary N) is 2. The zero-order chi connectivity index (χ0) is 21.8.